The van der Waals surface area contributed by atoms with Gasteiger partial charge in [-0.2, -0.15) is 5.10 Å². The van der Waals surface area contributed by atoms with E-state index in [0.29, 0.717) is 10.8 Å². The molecule has 0 saturated carbocycles. The van der Waals surface area contributed by atoms with Gasteiger partial charge >= 0.3 is 0 Å². The zero-order valence-corrected chi connectivity index (χ0v) is 9.28. The Balaban J connectivity index is 2.59. The SMILES string of the molecule is Cn1ncc2c3c[c]c(Cl)cc3nc(N)c21. The Morgan fingerprint density at radius 3 is 3.06 bits per heavy atom. The van der Waals surface area contributed by atoms with E-state index in [4.69, 9.17) is 17.3 Å². The highest BCUT2D eigenvalue weighted by molar-refractivity contribution is 6.31. The molecule has 2 N–H and O–H groups in total. The maximum atomic E-state index is 5.89. The highest BCUT2D eigenvalue weighted by atomic mass is 35.5. The molecule has 3 aromatic rings. The molecule has 0 fully saturated rings. The zero-order chi connectivity index (χ0) is 11.3. The summed E-state index contributed by atoms with van der Waals surface area (Å²) in [5.41, 5.74) is 7.49. The summed E-state index contributed by atoms with van der Waals surface area (Å²) >= 11 is 5.87. The van der Waals surface area contributed by atoms with Crippen LogP contribution in [0.4, 0.5) is 5.82 Å². The molecule has 4 nitrogen and oxygen atoms in total. The molecule has 0 aliphatic carbocycles. The summed E-state index contributed by atoms with van der Waals surface area (Å²) in [6.07, 6.45) is 1.78. The van der Waals surface area contributed by atoms with Gasteiger partial charge in [0.25, 0.3) is 0 Å². The van der Waals surface area contributed by atoms with Crippen LogP contribution in [0.3, 0.4) is 0 Å². The van der Waals surface area contributed by atoms with Gasteiger partial charge in [-0.25, -0.2) is 4.98 Å². The lowest BCUT2D eigenvalue weighted by Gasteiger charge is -2.03. The van der Waals surface area contributed by atoms with Gasteiger partial charge in [0.15, 0.2) is 0 Å². The highest BCUT2D eigenvalue weighted by Crippen LogP contribution is 2.28. The van der Waals surface area contributed by atoms with Crippen LogP contribution in [0.2, 0.25) is 5.02 Å². The van der Waals surface area contributed by atoms with Gasteiger partial charge in [-0.05, 0) is 12.1 Å². The molecule has 2 aromatic heterocycles. The molecule has 0 saturated heterocycles. The molecular weight excluding hydrogens is 224 g/mol. The summed E-state index contributed by atoms with van der Waals surface area (Å²) < 4.78 is 1.71. The van der Waals surface area contributed by atoms with Crippen molar-refractivity contribution in [3.63, 3.8) is 0 Å². The van der Waals surface area contributed by atoms with E-state index in [9.17, 15) is 0 Å². The monoisotopic (exact) mass is 231 g/mol. The molecule has 0 spiro atoms. The summed E-state index contributed by atoms with van der Waals surface area (Å²) in [7, 11) is 1.84. The van der Waals surface area contributed by atoms with E-state index in [1.54, 1.807) is 16.9 Å². The van der Waals surface area contributed by atoms with Crippen molar-refractivity contribution in [2.45, 2.75) is 0 Å². The van der Waals surface area contributed by atoms with Gasteiger partial charge in [-0.15, -0.1) is 0 Å². The van der Waals surface area contributed by atoms with Crippen molar-refractivity contribution in [2.75, 3.05) is 5.73 Å². The number of nitrogens with zero attached hydrogens (tertiary/aromatic N) is 3. The van der Waals surface area contributed by atoms with Gasteiger partial charge in [0.05, 0.1) is 16.7 Å². The number of halogens is 1. The summed E-state index contributed by atoms with van der Waals surface area (Å²) in [5.74, 6) is 0.463. The lowest BCUT2D eigenvalue weighted by atomic mass is 10.1. The average Bonchev–Trinajstić information content (AvgIpc) is 2.61. The van der Waals surface area contributed by atoms with E-state index in [1.165, 1.54) is 0 Å². The van der Waals surface area contributed by atoms with Crippen molar-refractivity contribution in [3.8, 4) is 0 Å². The van der Waals surface area contributed by atoms with Crippen LogP contribution in [-0.4, -0.2) is 14.8 Å². The molecule has 0 atom stereocenters. The fourth-order valence-electron chi connectivity index (χ4n) is 1.88. The van der Waals surface area contributed by atoms with Gasteiger partial charge in [-0.3, -0.25) is 4.68 Å². The number of pyridine rings is 1. The van der Waals surface area contributed by atoms with Crippen molar-refractivity contribution < 1.29 is 0 Å². The molecule has 2 heterocycles. The van der Waals surface area contributed by atoms with Gasteiger partial charge in [-0.1, -0.05) is 11.6 Å². The van der Waals surface area contributed by atoms with Crippen LogP contribution in [0.25, 0.3) is 21.8 Å². The molecule has 1 aromatic carbocycles. The molecule has 5 heteroatoms. The predicted molar refractivity (Wildman–Crippen MR) is 64.3 cm³/mol. The smallest absolute Gasteiger partial charge is 0.150 e. The lowest BCUT2D eigenvalue weighted by molar-refractivity contribution is 0.797. The number of rotatable bonds is 0. The first-order valence-electron chi connectivity index (χ1n) is 4.75. The molecule has 0 unspecified atom stereocenters. The van der Waals surface area contributed by atoms with Gasteiger partial charge in [0.1, 0.15) is 11.3 Å². The van der Waals surface area contributed by atoms with Crippen LogP contribution < -0.4 is 5.73 Å². The molecular formula is C11H8ClN4. The Morgan fingerprint density at radius 1 is 1.44 bits per heavy atom. The second-order valence-electron chi connectivity index (χ2n) is 3.61. The summed E-state index contributed by atoms with van der Waals surface area (Å²) in [6.45, 7) is 0. The Morgan fingerprint density at radius 2 is 2.25 bits per heavy atom. The molecule has 3 rings (SSSR count). The standard InChI is InChI=1S/C11H8ClN4/c1-16-10-8(5-14-16)7-3-2-6(12)4-9(7)15-11(10)13/h3-5H,1H3,(H2,13,15). The summed E-state index contributed by atoms with van der Waals surface area (Å²) in [6, 6.07) is 6.51. The maximum absolute atomic E-state index is 5.89. The van der Waals surface area contributed by atoms with E-state index in [-0.39, 0.29) is 0 Å². The van der Waals surface area contributed by atoms with Gasteiger partial charge in [0, 0.05) is 23.9 Å². The Kier molecular flexibility index (Phi) is 1.82. The zero-order valence-electron chi connectivity index (χ0n) is 8.53. The van der Waals surface area contributed by atoms with E-state index < -0.39 is 0 Å². The molecule has 0 bridgehead atoms. The fourth-order valence-corrected chi connectivity index (χ4v) is 2.04. The number of nitrogens with two attached hydrogens (primary N) is 1. The third kappa shape index (κ3) is 1.17. The number of aryl methyl sites for hydroxylation is 1. The van der Waals surface area contributed by atoms with Gasteiger partial charge < -0.3 is 5.73 Å². The molecule has 0 amide bonds. The molecule has 0 aliphatic rings. The number of anilines is 1. The minimum atomic E-state index is 0.463. The molecule has 16 heavy (non-hydrogen) atoms. The predicted octanol–water partition coefficient (Wildman–Crippen LogP) is 2.16. The molecule has 79 valence electrons. The normalized spacial score (nSPS) is 11.4. The van der Waals surface area contributed by atoms with Crippen molar-refractivity contribution in [2.24, 2.45) is 7.05 Å². The van der Waals surface area contributed by atoms with E-state index >= 15 is 0 Å². The minimum Gasteiger partial charge on any atom is -0.382 e. The highest BCUT2D eigenvalue weighted by Gasteiger charge is 2.10. The van der Waals surface area contributed by atoms with E-state index in [2.05, 4.69) is 16.1 Å². The van der Waals surface area contributed by atoms with Crippen LogP contribution in [0.1, 0.15) is 0 Å². The van der Waals surface area contributed by atoms with Crippen molar-refractivity contribution in [1.82, 2.24) is 14.8 Å². The number of fused-ring (bicyclic) bond motifs is 3. The third-order valence-electron chi connectivity index (χ3n) is 2.61. The van der Waals surface area contributed by atoms with Crippen LogP contribution in [0.5, 0.6) is 0 Å². The Bertz CT molecular complexity index is 702. The number of nitrogen functional groups attached to an aromatic ring is 1. The Labute approximate surface area is 96.6 Å². The van der Waals surface area contributed by atoms with Crippen molar-refractivity contribution >= 4 is 39.2 Å². The number of hydrogen-bond donors (Lipinski definition) is 1. The van der Waals surface area contributed by atoms with Crippen LogP contribution in [0, 0.1) is 6.07 Å². The van der Waals surface area contributed by atoms with E-state index in [0.717, 1.165) is 21.8 Å². The Hall–Kier alpha value is -1.81. The number of benzene rings is 1. The second-order valence-corrected chi connectivity index (χ2v) is 4.01. The first-order valence-corrected chi connectivity index (χ1v) is 5.13. The average molecular weight is 232 g/mol. The lowest BCUT2D eigenvalue weighted by Crippen LogP contribution is -1.97. The van der Waals surface area contributed by atoms with Crippen LogP contribution in [0.15, 0.2) is 18.3 Å². The minimum absolute atomic E-state index is 0.463. The topological polar surface area (TPSA) is 56.7 Å². The third-order valence-corrected chi connectivity index (χ3v) is 2.82. The van der Waals surface area contributed by atoms with Crippen LogP contribution >= 0.6 is 11.6 Å². The second kappa shape index (κ2) is 3.09. The maximum Gasteiger partial charge on any atom is 0.150 e. The number of aromatic nitrogens is 3. The van der Waals surface area contributed by atoms with Crippen molar-refractivity contribution in [3.05, 3.63) is 29.4 Å². The molecule has 0 aliphatic heterocycles. The van der Waals surface area contributed by atoms with Crippen LogP contribution in [-0.2, 0) is 7.05 Å². The molecule has 1 radical (unpaired) electrons. The largest absolute Gasteiger partial charge is 0.382 e. The summed E-state index contributed by atoms with van der Waals surface area (Å²) in [5, 5.41) is 6.64. The van der Waals surface area contributed by atoms with Crippen molar-refractivity contribution in [1.29, 1.82) is 0 Å². The quantitative estimate of drug-likeness (QED) is 0.645. The first-order chi connectivity index (χ1) is 7.66. The van der Waals surface area contributed by atoms with E-state index in [1.807, 2.05) is 13.1 Å². The van der Waals surface area contributed by atoms with Gasteiger partial charge in [0.2, 0.25) is 0 Å². The first kappa shape index (κ1) is 9.42. The summed E-state index contributed by atoms with van der Waals surface area (Å²) in [4.78, 5) is 4.31. The fraction of sp³-hybridized carbons (Fsp3) is 0.0909. The number of hydrogen-bond acceptors (Lipinski definition) is 3.